The lowest BCUT2D eigenvalue weighted by Gasteiger charge is -2.30. The number of hydrogen-bond donors (Lipinski definition) is 2. The fourth-order valence-corrected chi connectivity index (χ4v) is 4.92. The maximum atomic E-state index is 13.1. The molecule has 3 rings (SSSR count). The van der Waals surface area contributed by atoms with Crippen LogP contribution in [0.1, 0.15) is 18.4 Å². The van der Waals surface area contributed by atoms with Gasteiger partial charge in [0.05, 0.1) is 21.2 Å². The number of amides is 1. The van der Waals surface area contributed by atoms with E-state index in [-0.39, 0.29) is 43.3 Å². The number of anilines is 1. The molecule has 30 heavy (non-hydrogen) atoms. The van der Waals surface area contributed by atoms with E-state index in [0.29, 0.717) is 6.07 Å². The number of nitrogens with one attached hydrogen (secondary N) is 1. The number of rotatable bonds is 4. The predicted octanol–water partition coefficient (Wildman–Crippen LogP) is 4.10. The van der Waals surface area contributed by atoms with Crippen molar-refractivity contribution in [1.29, 1.82) is 0 Å². The number of halogens is 4. The number of carbonyl (C=O) groups is 1. The Morgan fingerprint density at radius 2 is 1.77 bits per heavy atom. The molecule has 162 valence electrons. The summed E-state index contributed by atoms with van der Waals surface area (Å²) in [6, 6.07) is 8.67. The lowest BCUT2D eigenvalue weighted by atomic mass is 9.97. The standard InChI is InChI=1S/C19H18ClF3N2O4S/c20-15-6-5-13(11-14(15)19(21,22)23)30(28,29)25-9-7-12(8-10-25)18(27)24-16-3-1-2-4-17(16)26/h1-6,11-12,26H,7-10H2,(H,24,27). The first-order valence-corrected chi connectivity index (χ1v) is 10.8. The maximum Gasteiger partial charge on any atom is 0.417 e. The molecule has 0 bridgehead atoms. The van der Waals surface area contributed by atoms with Gasteiger partial charge >= 0.3 is 6.18 Å². The highest BCUT2D eigenvalue weighted by atomic mass is 35.5. The third-order valence-electron chi connectivity index (χ3n) is 4.87. The Hall–Kier alpha value is -2.30. The summed E-state index contributed by atoms with van der Waals surface area (Å²) in [6.07, 6.45) is -4.40. The van der Waals surface area contributed by atoms with E-state index >= 15 is 0 Å². The van der Waals surface area contributed by atoms with Crippen LogP contribution < -0.4 is 5.32 Å². The van der Waals surface area contributed by atoms with Crippen LogP contribution in [0.3, 0.4) is 0 Å². The molecule has 2 aromatic carbocycles. The smallest absolute Gasteiger partial charge is 0.417 e. The summed E-state index contributed by atoms with van der Waals surface area (Å²) in [7, 11) is -4.17. The minimum Gasteiger partial charge on any atom is -0.506 e. The quantitative estimate of drug-likeness (QED) is 0.670. The monoisotopic (exact) mass is 462 g/mol. The Kier molecular flexibility index (Phi) is 6.30. The van der Waals surface area contributed by atoms with Gasteiger partial charge in [-0.3, -0.25) is 4.79 Å². The number of para-hydroxylation sites is 2. The van der Waals surface area contributed by atoms with Gasteiger partial charge in [0.15, 0.2) is 0 Å². The van der Waals surface area contributed by atoms with Gasteiger partial charge in [0.2, 0.25) is 15.9 Å². The van der Waals surface area contributed by atoms with E-state index in [9.17, 15) is 31.5 Å². The largest absolute Gasteiger partial charge is 0.506 e. The van der Waals surface area contributed by atoms with E-state index < -0.39 is 37.6 Å². The molecule has 0 spiro atoms. The van der Waals surface area contributed by atoms with Gasteiger partial charge in [-0.2, -0.15) is 17.5 Å². The summed E-state index contributed by atoms with van der Waals surface area (Å²) in [6.45, 7) is -0.0453. The van der Waals surface area contributed by atoms with Crippen molar-refractivity contribution in [2.75, 3.05) is 18.4 Å². The molecule has 1 aliphatic rings. The Labute approximate surface area is 176 Å². The molecular weight excluding hydrogens is 445 g/mol. The number of aromatic hydroxyl groups is 1. The van der Waals surface area contributed by atoms with Crippen LogP contribution in [0.2, 0.25) is 5.02 Å². The second-order valence-corrected chi connectivity index (χ2v) is 9.17. The van der Waals surface area contributed by atoms with Crippen molar-refractivity contribution in [3.8, 4) is 5.75 Å². The van der Waals surface area contributed by atoms with Gasteiger partial charge in [0.1, 0.15) is 5.75 Å². The van der Waals surface area contributed by atoms with Crippen LogP contribution in [0.4, 0.5) is 18.9 Å². The fraction of sp³-hybridized carbons (Fsp3) is 0.316. The normalized spacial score (nSPS) is 16.4. The minimum atomic E-state index is -4.78. The van der Waals surface area contributed by atoms with Crippen LogP contribution in [-0.4, -0.2) is 36.8 Å². The Balaban J connectivity index is 1.70. The Morgan fingerprint density at radius 1 is 1.13 bits per heavy atom. The molecule has 1 aliphatic heterocycles. The number of alkyl halides is 3. The van der Waals surface area contributed by atoms with Gasteiger partial charge in [-0.15, -0.1) is 0 Å². The third kappa shape index (κ3) is 4.71. The van der Waals surface area contributed by atoms with Gasteiger partial charge in [-0.1, -0.05) is 23.7 Å². The molecule has 6 nitrogen and oxygen atoms in total. The van der Waals surface area contributed by atoms with Crippen molar-refractivity contribution in [3.05, 3.63) is 53.1 Å². The number of hydrogen-bond acceptors (Lipinski definition) is 4. The molecule has 2 N–H and O–H groups in total. The fourth-order valence-electron chi connectivity index (χ4n) is 3.20. The van der Waals surface area contributed by atoms with Crippen molar-refractivity contribution in [2.24, 2.45) is 5.92 Å². The SMILES string of the molecule is O=C(Nc1ccccc1O)C1CCN(S(=O)(=O)c2ccc(Cl)c(C(F)(F)F)c2)CC1. The first kappa shape index (κ1) is 22.4. The van der Waals surface area contributed by atoms with Crippen LogP contribution in [0.15, 0.2) is 47.4 Å². The average molecular weight is 463 g/mol. The molecule has 0 radical (unpaired) electrons. The van der Waals surface area contributed by atoms with E-state index in [4.69, 9.17) is 11.6 Å². The number of carbonyl (C=O) groups excluding carboxylic acids is 1. The Bertz CT molecular complexity index is 1050. The predicted molar refractivity (Wildman–Crippen MR) is 105 cm³/mol. The van der Waals surface area contributed by atoms with Crippen LogP contribution in [0, 0.1) is 5.92 Å². The maximum absolute atomic E-state index is 13.1. The van der Waals surface area contributed by atoms with Gasteiger partial charge in [-0.05, 0) is 43.2 Å². The van der Waals surface area contributed by atoms with Crippen LogP contribution in [0.5, 0.6) is 5.75 Å². The molecule has 0 aliphatic carbocycles. The highest BCUT2D eigenvalue weighted by molar-refractivity contribution is 7.89. The number of sulfonamides is 1. The molecule has 11 heteroatoms. The van der Waals surface area contributed by atoms with Crippen molar-refractivity contribution in [2.45, 2.75) is 23.9 Å². The van der Waals surface area contributed by atoms with Crippen molar-refractivity contribution in [3.63, 3.8) is 0 Å². The van der Waals surface area contributed by atoms with Crippen LogP contribution >= 0.6 is 11.6 Å². The zero-order valence-electron chi connectivity index (χ0n) is 15.5. The molecule has 0 atom stereocenters. The minimum absolute atomic E-state index is 0.0226. The van der Waals surface area contributed by atoms with E-state index in [0.717, 1.165) is 16.4 Å². The average Bonchev–Trinajstić information content (AvgIpc) is 2.69. The van der Waals surface area contributed by atoms with Crippen LogP contribution in [-0.2, 0) is 21.0 Å². The summed E-state index contributed by atoms with van der Waals surface area (Å²) >= 11 is 5.56. The Morgan fingerprint density at radius 3 is 2.37 bits per heavy atom. The number of nitrogens with zero attached hydrogens (tertiary/aromatic N) is 1. The van der Waals surface area contributed by atoms with Gasteiger partial charge in [-0.25, -0.2) is 8.42 Å². The van der Waals surface area contributed by atoms with Crippen LogP contribution in [0.25, 0.3) is 0 Å². The first-order valence-electron chi connectivity index (χ1n) is 8.96. The zero-order chi connectivity index (χ0) is 22.1. The van der Waals surface area contributed by atoms with E-state index in [1.807, 2.05) is 0 Å². The summed E-state index contributed by atoms with van der Waals surface area (Å²) in [5.74, 6) is -0.944. The molecule has 1 saturated heterocycles. The summed E-state index contributed by atoms with van der Waals surface area (Å²) in [5.41, 5.74) is -0.972. The third-order valence-corrected chi connectivity index (χ3v) is 7.09. The summed E-state index contributed by atoms with van der Waals surface area (Å²) < 4.78 is 65.8. The van der Waals surface area contributed by atoms with E-state index in [1.165, 1.54) is 12.1 Å². The van der Waals surface area contributed by atoms with Gasteiger partial charge < -0.3 is 10.4 Å². The number of phenols is 1. The molecular formula is C19H18ClF3N2O4S. The lowest BCUT2D eigenvalue weighted by Crippen LogP contribution is -2.41. The van der Waals surface area contributed by atoms with E-state index in [2.05, 4.69) is 5.32 Å². The van der Waals surface area contributed by atoms with Crippen molar-refractivity contribution in [1.82, 2.24) is 4.31 Å². The molecule has 1 amide bonds. The topological polar surface area (TPSA) is 86.7 Å². The highest BCUT2D eigenvalue weighted by Crippen LogP contribution is 2.37. The number of piperidine rings is 1. The number of benzene rings is 2. The van der Waals surface area contributed by atoms with Gasteiger partial charge in [0.25, 0.3) is 0 Å². The highest BCUT2D eigenvalue weighted by Gasteiger charge is 2.37. The summed E-state index contributed by atoms with van der Waals surface area (Å²) in [5, 5.41) is 11.8. The van der Waals surface area contributed by atoms with Gasteiger partial charge in [0, 0.05) is 19.0 Å². The zero-order valence-corrected chi connectivity index (χ0v) is 17.1. The lowest BCUT2D eigenvalue weighted by molar-refractivity contribution is -0.137. The van der Waals surface area contributed by atoms with Crippen molar-refractivity contribution >= 4 is 33.2 Å². The van der Waals surface area contributed by atoms with Crippen molar-refractivity contribution < 1.29 is 31.5 Å². The second kappa shape index (κ2) is 8.44. The van der Waals surface area contributed by atoms with E-state index in [1.54, 1.807) is 12.1 Å². The first-order chi connectivity index (χ1) is 14.0. The number of phenolic OH excluding ortho intramolecular Hbond substituents is 1. The molecule has 1 fully saturated rings. The molecule has 0 saturated carbocycles. The molecule has 0 unspecified atom stereocenters. The molecule has 2 aromatic rings. The summed E-state index contributed by atoms with van der Waals surface area (Å²) in [4.78, 5) is 11.9. The molecule has 1 heterocycles. The second-order valence-electron chi connectivity index (χ2n) is 6.82. The molecule has 0 aromatic heterocycles.